The van der Waals surface area contributed by atoms with Crippen LogP contribution in [0.5, 0.6) is 6.01 Å². The highest BCUT2D eigenvalue weighted by Gasteiger charge is 2.48. The van der Waals surface area contributed by atoms with Crippen molar-refractivity contribution in [2.45, 2.75) is 29.3 Å². The molecule has 0 amide bonds. The molecule has 3 heterocycles. The minimum absolute atomic E-state index is 0.00224. The van der Waals surface area contributed by atoms with Crippen LogP contribution < -0.4 is 4.74 Å². The zero-order chi connectivity index (χ0) is 25.9. The first-order chi connectivity index (χ1) is 17.7. The summed E-state index contributed by atoms with van der Waals surface area (Å²) in [5.74, 6) is -1.60. The van der Waals surface area contributed by atoms with Crippen LogP contribution in [0.15, 0.2) is 59.5 Å². The van der Waals surface area contributed by atoms with E-state index in [9.17, 15) is 13.5 Å². The third kappa shape index (κ3) is 4.27. The molecule has 6 rings (SSSR count). The lowest BCUT2D eigenvalue weighted by molar-refractivity contribution is 0.00706. The van der Waals surface area contributed by atoms with Crippen molar-refractivity contribution in [1.29, 1.82) is 0 Å². The molecule has 2 aliphatic heterocycles. The largest absolute Gasteiger partial charge is 0.456 e. The van der Waals surface area contributed by atoms with Gasteiger partial charge in [-0.15, -0.1) is 0 Å². The first-order valence-electron chi connectivity index (χ1n) is 11.6. The van der Waals surface area contributed by atoms with Crippen LogP contribution in [0, 0.1) is 11.6 Å². The topological polar surface area (TPSA) is 111 Å². The van der Waals surface area contributed by atoms with Gasteiger partial charge in [-0.05, 0) is 28.8 Å². The summed E-state index contributed by atoms with van der Waals surface area (Å²) in [6.45, 7) is 0.318. The molecule has 0 aliphatic carbocycles. The highest BCUT2D eigenvalue weighted by atomic mass is 32.2. The number of nitrogens with zero attached hydrogens (tertiary/aromatic N) is 1. The molecule has 3 aromatic carbocycles. The number of nitrogens with one attached hydrogen (secondary N) is 1. The van der Waals surface area contributed by atoms with E-state index < -0.39 is 45.9 Å². The Morgan fingerprint density at radius 1 is 0.973 bits per heavy atom. The maximum absolute atomic E-state index is 15.5. The van der Waals surface area contributed by atoms with Gasteiger partial charge < -0.3 is 24.3 Å². The van der Waals surface area contributed by atoms with Gasteiger partial charge in [0.2, 0.25) is 0 Å². The molecule has 4 aromatic rings. The maximum atomic E-state index is 15.5. The van der Waals surface area contributed by atoms with Gasteiger partial charge in [0.25, 0.3) is 6.01 Å². The average molecular weight is 529 g/mol. The highest BCUT2D eigenvalue weighted by Crippen LogP contribution is 2.35. The first kappa shape index (κ1) is 24.0. The van der Waals surface area contributed by atoms with Crippen molar-refractivity contribution in [1.82, 2.24) is 9.97 Å². The Morgan fingerprint density at radius 3 is 2.27 bits per heavy atom. The molecule has 11 heteroatoms. The second-order valence-corrected chi connectivity index (χ2v) is 11.2. The van der Waals surface area contributed by atoms with Crippen LogP contribution in [0.3, 0.4) is 0 Å². The molecule has 0 radical (unpaired) electrons. The zero-order valence-corrected chi connectivity index (χ0v) is 20.3. The Morgan fingerprint density at radius 2 is 1.59 bits per heavy atom. The second kappa shape index (κ2) is 8.88. The van der Waals surface area contributed by atoms with Gasteiger partial charge in [0, 0.05) is 12.3 Å². The lowest BCUT2D eigenvalue weighted by atomic mass is 9.99. The van der Waals surface area contributed by atoms with Gasteiger partial charge in [0.15, 0.2) is 21.8 Å². The molecular weight excluding hydrogens is 506 g/mol. The lowest BCUT2D eigenvalue weighted by Crippen LogP contribution is -2.34. The number of sulfone groups is 1. The fourth-order valence-electron chi connectivity index (χ4n) is 4.79. The van der Waals surface area contributed by atoms with Gasteiger partial charge in [-0.25, -0.2) is 17.2 Å². The molecule has 8 nitrogen and oxygen atoms in total. The number of aliphatic hydroxyl groups is 1. The van der Waals surface area contributed by atoms with Crippen LogP contribution in [-0.4, -0.2) is 67.4 Å². The minimum atomic E-state index is -3.31. The van der Waals surface area contributed by atoms with Gasteiger partial charge >= 0.3 is 0 Å². The molecule has 4 atom stereocenters. The van der Waals surface area contributed by atoms with Crippen molar-refractivity contribution in [2.75, 3.05) is 19.5 Å². The monoisotopic (exact) mass is 528 g/mol. The normalized spacial score (nSPS) is 23.5. The highest BCUT2D eigenvalue weighted by molar-refractivity contribution is 7.90. The van der Waals surface area contributed by atoms with E-state index in [2.05, 4.69) is 9.97 Å². The fourth-order valence-corrected chi connectivity index (χ4v) is 5.42. The quantitative estimate of drug-likeness (QED) is 0.408. The number of aromatic amines is 1. The average Bonchev–Trinajstić information content (AvgIpc) is 3.56. The standard InChI is InChI=1S/C26H22F2N2O6S/c1-37(32,33)16-8-6-14(7-9-16)13-2-4-15(5-3-13)21-17(27)10-18-23(22(21)28)30-26(29-18)36-20-12-35-24-19(31)11-34-25(20)24/h2-10,19-20,24-25,31H,11-12H2,1H3,(H,29,30)/t19-,20-,24-,25-/m1/s1. The van der Waals surface area contributed by atoms with Gasteiger partial charge in [-0.1, -0.05) is 36.4 Å². The predicted octanol–water partition coefficient (Wildman–Crippen LogP) is 3.48. The summed E-state index contributed by atoms with van der Waals surface area (Å²) >= 11 is 0. The van der Waals surface area contributed by atoms with E-state index >= 15 is 8.78 Å². The summed E-state index contributed by atoms with van der Waals surface area (Å²) in [6, 6.07) is 14.2. The number of halogens is 2. The number of hydrogen-bond donors (Lipinski definition) is 2. The molecule has 2 N–H and O–H groups in total. The summed E-state index contributed by atoms with van der Waals surface area (Å²) in [4.78, 5) is 7.19. The van der Waals surface area contributed by atoms with Crippen molar-refractivity contribution in [3.63, 3.8) is 0 Å². The number of aromatic nitrogens is 2. The third-order valence-electron chi connectivity index (χ3n) is 6.68. The Hall–Kier alpha value is -3.38. The van der Waals surface area contributed by atoms with Crippen molar-refractivity contribution in [3.8, 4) is 28.3 Å². The molecule has 2 fully saturated rings. The molecule has 2 aliphatic rings. The number of benzene rings is 3. The van der Waals surface area contributed by atoms with Gasteiger partial charge in [0.1, 0.15) is 29.6 Å². The number of aliphatic hydroxyl groups excluding tert-OH is 1. The fraction of sp³-hybridized carbons (Fsp3) is 0.269. The Labute approximate surface area is 210 Å². The number of fused-ring (bicyclic) bond motifs is 2. The van der Waals surface area contributed by atoms with E-state index in [0.717, 1.165) is 23.4 Å². The summed E-state index contributed by atoms with van der Waals surface area (Å²) in [5, 5.41) is 9.88. The Balaban J connectivity index is 1.27. The van der Waals surface area contributed by atoms with Crippen molar-refractivity contribution in [3.05, 3.63) is 66.2 Å². The number of hydrogen-bond acceptors (Lipinski definition) is 7. The number of rotatable bonds is 5. The smallest absolute Gasteiger partial charge is 0.295 e. The van der Waals surface area contributed by atoms with E-state index in [1.165, 1.54) is 12.1 Å². The van der Waals surface area contributed by atoms with Crippen LogP contribution in [0.4, 0.5) is 8.78 Å². The molecule has 0 spiro atoms. The Kier molecular flexibility index (Phi) is 5.75. The van der Waals surface area contributed by atoms with Crippen LogP contribution in [0.1, 0.15) is 0 Å². The summed E-state index contributed by atoms with van der Waals surface area (Å²) in [6.07, 6.45) is -1.10. The molecule has 0 unspecified atom stereocenters. The van der Waals surface area contributed by atoms with Crippen molar-refractivity contribution >= 4 is 20.9 Å². The number of H-pyrrole nitrogens is 1. The van der Waals surface area contributed by atoms with Crippen molar-refractivity contribution < 1.29 is 36.5 Å². The predicted molar refractivity (Wildman–Crippen MR) is 130 cm³/mol. The van der Waals surface area contributed by atoms with Crippen LogP contribution in [-0.2, 0) is 19.3 Å². The first-order valence-corrected chi connectivity index (χ1v) is 13.4. The number of ether oxygens (including phenoxy) is 3. The molecule has 37 heavy (non-hydrogen) atoms. The van der Waals surface area contributed by atoms with Crippen LogP contribution in [0.25, 0.3) is 33.3 Å². The molecule has 2 saturated heterocycles. The van der Waals surface area contributed by atoms with E-state index in [-0.39, 0.29) is 40.7 Å². The van der Waals surface area contributed by atoms with E-state index in [4.69, 9.17) is 14.2 Å². The van der Waals surface area contributed by atoms with E-state index in [0.29, 0.717) is 5.56 Å². The van der Waals surface area contributed by atoms with Gasteiger partial charge in [-0.3, -0.25) is 0 Å². The minimum Gasteiger partial charge on any atom is -0.456 e. The van der Waals surface area contributed by atoms with E-state index in [1.807, 2.05) is 0 Å². The number of imidazole rings is 1. The molecule has 0 saturated carbocycles. The summed E-state index contributed by atoms with van der Waals surface area (Å²) in [5.41, 5.74) is 1.68. The zero-order valence-electron chi connectivity index (χ0n) is 19.5. The molecule has 192 valence electrons. The second-order valence-electron chi connectivity index (χ2n) is 9.18. The molecule has 1 aromatic heterocycles. The summed E-state index contributed by atoms with van der Waals surface area (Å²) < 4.78 is 70.7. The van der Waals surface area contributed by atoms with Crippen LogP contribution >= 0.6 is 0 Å². The van der Waals surface area contributed by atoms with Crippen LogP contribution in [0.2, 0.25) is 0 Å². The van der Waals surface area contributed by atoms with E-state index in [1.54, 1.807) is 36.4 Å². The van der Waals surface area contributed by atoms with Gasteiger partial charge in [-0.2, -0.15) is 4.98 Å². The SMILES string of the molecule is CS(=O)(=O)c1ccc(-c2ccc(-c3c(F)cc4[nH]c(O[C@@H]5CO[C@H]6[C@@H]5OC[C@H]6O)nc4c3F)cc2)cc1. The molecule has 0 bridgehead atoms. The maximum Gasteiger partial charge on any atom is 0.295 e. The van der Waals surface area contributed by atoms with Crippen molar-refractivity contribution in [2.24, 2.45) is 0 Å². The van der Waals surface area contributed by atoms with Gasteiger partial charge in [0.05, 0.1) is 29.2 Å². The third-order valence-corrected chi connectivity index (χ3v) is 7.81. The lowest BCUT2D eigenvalue weighted by Gasteiger charge is -2.15. The summed E-state index contributed by atoms with van der Waals surface area (Å²) in [7, 11) is -3.31. The Bertz CT molecular complexity index is 1590. The molecular formula is C26H22F2N2O6S.